The maximum atomic E-state index is 10.4. The van der Waals surface area contributed by atoms with Gasteiger partial charge in [0.15, 0.2) is 0 Å². The van der Waals surface area contributed by atoms with Crippen molar-refractivity contribution in [1.82, 2.24) is 0 Å². The van der Waals surface area contributed by atoms with Crippen molar-refractivity contribution in [2.24, 2.45) is 0 Å². The van der Waals surface area contributed by atoms with E-state index in [0.29, 0.717) is 19.8 Å². The second kappa shape index (κ2) is 8.06. The Labute approximate surface area is 105 Å². The molecule has 0 bridgehead atoms. The van der Waals surface area contributed by atoms with Gasteiger partial charge in [-0.25, -0.2) is 0 Å². The molecule has 1 atom stereocenters. The van der Waals surface area contributed by atoms with Crippen LogP contribution in [-0.2, 0) is 9.47 Å². The van der Waals surface area contributed by atoms with Crippen LogP contribution in [0.5, 0.6) is 0 Å². The van der Waals surface area contributed by atoms with Gasteiger partial charge in [-0.2, -0.15) is 0 Å². The quantitative estimate of drug-likeness (QED) is 0.667. The molecule has 0 aromatic heterocycles. The van der Waals surface area contributed by atoms with E-state index in [1.807, 2.05) is 6.92 Å². The van der Waals surface area contributed by atoms with E-state index >= 15 is 0 Å². The first-order valence-electron chi connectivity index (χ1n) is 7.15. The van der Waals surface area contributed by atoms with Gasteiger partial charge in [0.2, 0.25) is 0 Å². The average molecular weight is 244 g/mol. The Morgan fingerprint density at radius 3 is 2.47 bits per heavy atom. The number of aliphatic hydroxyl groups excluding tert-OH is 1. The SMILES string of the molecule is CCCCCCC(O)C1(OCC)CCOCC1. The molecule has 1 unspecified atom stereocenters. The summed E-state index contributed by atoms with van der Waals surface area (Å²) in [6, 6.07) is 0. The fourth-order valence-electron chi connectivity index (χ4n) is 2.61. The molecular formula is C14H28O3. The van der Waals surface area contributed by atoms with Gasteiger partial charge < -0.3 is 14.6 Å². The van der Waals surface area contributed by atoms with E-state index < -0.39 is 0 Å². The maximum Gasteiger partial charge on any atom is 0.0983 e. The first-order valence-corrected chi connectivity index (χ1v) is 7.15. The highest BCUT2D eigenvalue weighted by molar-refractivity contribution is 4.90. The predicted molar refractivity (Wildman–Crippen MR) is 69.2 cm³/mol. The second-order valence-corrected chi connectivity index (χ2v) is 4.98. The van der Waals surface area contributed by atoms with Crippen molar-refractivity contribution in [3.63, 3.8) is 0 Å². The van der Waals surface area contributed by atoms with Crippen molar-refractivity contribution in [3.05, 3.63) is 0 Å². The summed E-state index contributed by atoms with van der Waals surface area (Å²) in [4.78, 5) is 0. The molecule has 1 N–H and O–H groups in total. The van der Waals surface area contributed by atoms with Crippen molar-refractivity contribution in [3.8, 4) is 0 Å². The standard InChI is InChI=1S/C14H28O3/c1-3-5-6-7-8-13(15)14(17-4-2)9-11-16-12-10-14/h13,15H,3-12H2,1-2H3. The maximum absolute atomic E-state index is 10.4. The Kier molecular flexibility index (Phi) is 7.09. The summed E-state index contributed by atoms with van der Waals surface area (Å²) in [5.74, 6) is 0. The molecule has 3 heteroatoms. The number of hydrogen-bond donors (Lipinski definition) is 1. The summed E-state index contributed by atoms with van der Waals surface area (Å²) in [5, 5.41) is 10.4. The van der Waals surface area contributed by atoms with Crippen molar-refractivity contribution in [2.45, 2.75) is 70.5 Å². The summed E-state index contributed by atoms with van der Waals surface area (Å²) in [6.07, 6.45) is 7.00. The third kappa shape index (κ3) is 4.57. The average Bonchev–Trinajstić information content (AvgIpc) is 2.36. The third-order valence-corrected chi connectivity index (χ3v) is 3.71. The Hall–Kier alpha value is -0.120. The lowest BCUT2D eigenvalue weighted by Gasteiger charge is -2.40. The van der Waals surface area contributed by atoms with Crippen molar-refractivity contribution in [2.75, 3.05) is 19.8 Å². The molecule has 0 aromatic rings. The van der Waals surface area contributed by atoms with E-state index in [4.69, 9.17) is 9.47 Å². The highest BCUT2D eigenvalue weighted by Gasteiger charge is 2.39. The van der Waals surface area contributed by atoms with Crippen LogP contribution < -0.4 is 0 Å². The molecule has 1 saturated heterocycles. The van der Waals surface area contributed by atoms with E-state index in [1.54, 1.807) is 0 Å². The predicted octanol–water partition coefficient (Wildman–Crippen LogP) is 2.90. The summed E-state index contributed by atoms with van der Waals surface area (Å²) in [7, 11) is 0. The van der Waals surface area contributed by atoms with E-state index in [-0.39, 0.29) is 11.7 Å². The molecule has 17 heavy (non-hydrogen) atoms. The molecule has 0 saturated carbocycles. The molecular weight excluding hydrogens is 216 g/mol. The van der Waals surface area contributed by atoms with Crippen molar-refractivity contribution in [1.29, 1.82) is 0 Å². The van der Waals surface area contributed by atoms with Gasteiger partial charge in [0.25, 0.3) is 0 Å². The molecule has 1 aliphatic heterocycles. The number of unbranched alkanes of at least 4 members (excludes halogenated alkanes) is 3. The van der Waals surface area contributed by atoms with Gasteiger partial charge in [0.1, 0.15) is 0 Å². The number of ether oxygens (including phenoxy) is 2. The van der Waals surface area contributed by atoms with E-state index in [0.717, 1.165) is 25.7 Å². The van der Waals surface area contributed by atoms with Crippen LogP contribution in [0, 0.1) is 0 Å². The number of aliphatic hydroxyl groups is 1. The van der Waals surface area contributed by atoms with Gasteiger partial charge in [-0.05, 0) is 13.3 Å². The van der Waals surface area contributed by atoms with Crippen LogP contribution in [0.4, 0.5) is 0 Å². The van der Waals surface area contributed by atoms with Gasteiger partial charge in [0.05, 0.1) is 11.7 Å². The largest absolute Gasteiger partial charge is 0.390 e. The minimum Gasteiger partial charge on any atom is -0.390 e. The summed E-state index contributed by atoms with van der Waals surface area (Å²) in [5.41, 5.74) is -0.334. The van der Waals surface area contributed by atoms with Crippen molar-refractivity contribution < 1.29 is 14.6 Å². The molecule has 1 fully saturated rings. The number of hydrogen-bond acceptors (Lipinski definition) is 3. The number of rotatable bonds is 8. The molecule has 1 rings (SSSR count). The normalized spacial score (nSPS) is 21.4. The van der Waals surface area contributed by atoms with Crippen LogP contribution in [0.15, 0.2) is 0 Å². The van der Waals surface area contributed by atoms with Crippen LogP contribution in [0.3, 0.4) is 0 Å². The molecule has 0 radical (unpaired) electrons. The summed E-state index contributed by atoms with van der Waals surface area (Å²) >= 11 is 0. The topological polar surface area (TPSA) is 38.7 Å². The van der Waals surface area contributed by atoms with Gasteiger partial charge in [-0.1, -0.05) is 32.6 Å². The Morgan fingerprint density at radius 2 is 1.88 bits per heavy atom. The lowest BCUT2D eigenvalue weighted by molar-refractivity contribution is -0.167. The zero-order valence-electron chi connectivity index (χ0n) is 11.4. The van der Waals surface area contributed by atoms with Gasteiger partial charge >= 0.3 is 0 Å². The third-order valence-electron chi connectivity index (χ3n) is 3.71. The zero-order chi connectivity index (χ0) is 12.6. The van der Waals surface area contributed by atoms with E-state index in [1.165, 1.54) is 19.3 Å². The zero-order valence-corrected chi connectivity index (χ0v) is 11.4. The first-order chi connectivity index (χ1) is 8.25. The highest BCUT2D eigenvalue weighted by Crippen LogP contribution is 2.31. The lowest BCUT2D eigenvalue weighted by Crippen LogP contribution is -2.49. The van der Waals surface area contributed by atoms with Crippen LogP contribution in [0.2, 0.25) is 0 Å². The molecule has 102 valence electrons. The smallest absolute Gasteiger partial charge is 0.0983 e. The fraction of sp³-hybridized carbons (Fsp3) is 1.00. The summed E-state index contributed by atoms with van der Waals surface area (Å²) in [6.45, 7) is 6.31. The Morgan fingerprint density at radius 1 is 1.18 bits per heavy atom. The lowest BCUT2D eigenvalue weighted by atomic mass is 9.85. The molecule has 1 heterocycles. The molecule has 1 aliphatic rings. The molecule has 0 spiro atoms. The van der Waals surface area contributed by atoms with Crippen LogP contribution in [-0.4, -0.2) is 36.6 Å². The Balaban J connectivity index is 2.39. The van der Waals surface area contributed by atoms with E-state index in [2.05, 4.69) is 6.92 Å². The van der Waals surface area contributed by atoms with Gasteiger partial charge in [-0.15, -0.1) is 0 Å². The van der Waals surface area contributed by atoms with Crippen LogP contribution in [0.1, 0.15) is 58.8 Å². The second-order valence-electron chi connectivity index (χ2n) is 4.98. The fourth-order valence-corrected chi connectivity index (χ4v) is 2.61. The highest BCUT2D eigenvalue weighted by atomic mass is 16.5. The monoisotopic (exact) mass is 244 g/mol. The molecule has 3 nitrogen and oxygen atoms in total. The van der Waals surface area contributed by atoms with Gasteiger partial charge in [0, 0.05) is 32.7 Å². The van der Waals surface area contributed by atoms with Crippen LogP contribution in [0.25, 0.3) is 0 Å². The Bertz CT molecular complexity index is 182. The molecule has 0 aromatic carbocycles. The molecule has 0 aliphatic carbocycles. The van der Waals surface area contributed by atoms with Crippen LogP contribution >= 0.6 is 0 Å². The van der Waals surface area contributed by atoms with E-state index in [9.17, 15) is 5.11 Å². The first kappa shape index (κ1) is 14.9. The minimum absolute atomic E-state index is 0.330. The molecule has 0 amide bonds. The van der Waals surface area contributed by atoms with Gasteiger partial charge in [-0.3, -0.25) is 0 Å². The minimum atomic E-state index is -0.334. The summed E-state index contributed by atoms with van der Waals surface area (Å²) < 4.78 is 11.2. The van der Waals surface area contributed by atoms with Crippen molar-refractivity contribution >= 4 is 0 Å².